The topological polar surface area (TPSA) is 30.5 Å². The summed E-state index contributed by atoms with van der Waals surface area (Å²) in [6.07, 6.45) is 9.44. The molecule has 1 aliphatic heterocycles. The highest BCUT2D eigenvalue weighted by Gasteiger charge is 2.40. The summed E-state index contributed by atoms with van der Waals surface area (Å²) in [7, 11) is 1.69. The lowest BCUT2D eigenvalue weighted by atomic mass is 9.83. The molecule has 2 aliphatic rings. The van der Waals surface area contributed by atoms with Crippen LogP contribution in [0.1, 0.15) is 44.9 Å². The normalized spacial score (nSPS) is 24.8. The van der Waals surface area contributed by atoms with Gasteiger partial charge in [-0.1, -0.05) is 19.3 Å². The van der Waals surface area contributed by atoms with Crippen LogP contribution in [-0.4, -0.2) is 25.4 Å². The number of ether oxygens (including phenoxy) is 2. The van der Waals surface area contributed by atoms with Crippen LogP contribution in [0.3, 0.4) is 0 Å². The molecule has 0 aromatic heterocycles. The number of nitrogens with one attached hydrogen (secondary N) is 1. The standard InChI is InChI=1S/C17H25NO2/c1-19-15-7-5-14(6-8-15)18-13-16-9-12-17(20-16)10-3-2-4-11-17/h5-8,16,18H,2-4,9-13H2,1H3. The van der Waals surface area contributed by atoms with Crippen molar-refractivity contribution in [3.8, 4) is 5.75 Å². The van der Waals surface area contributed by atoms with Gasteiger partial charge in [0, 0.05) is 12.2 Å². The largest absolute Gasteiger partial charge is 0.497 e. The van der Waals surface area contributed by atoms with E-state index in [2.05, 4.69) is 17.4 Å². The molecular formula is C17H25NO2. The van der Waals surface area contributed by atoms with Crippen LogP contribution in [0.4, 0.5) is 5.69 Å². The molecule has 3 heteroatoms. The fourth-order valence-corrected chi connectivity index (χ4v) is 3.54. The Hall–Kier alpha value is -1.22. The number of hydrogen-bond donors (Lipinski definition) is 1. The molecule has 1 saturated heterocycles. The Kier molecular flexibility index (Phi) is 4.16. The Morgan fingerprint density at radius 2 is 1.90 bits per heavy atom. The van der Waals surface area contributed by atoms with Crippen LogP contribution in [0.25, 0.3) is 0 Å². The zero-order chi connectivity index (χ0) is 13.8. The number of anilines is 1. The second-order valence-electron chi connectivity index (χ2n) is 6.13. The van der Waals surface area contributed by atoms with E-state index >= 15 is 0 Å². The minimum atomic E-state index is 0.227. The maximum Gasteiger partial charge on any atom is 0.119 e. The van der Waals surface area contributed by atoms with Gasteiger partial charge in [-0.25, -0.2) is 0 Å². The first-order valence-electron chi connectivity index (χ1n) is 7.85. The lowest BCUT2D eigenvalue weighted by molar-refractivity contribution is -0.0588. The summed E-state index contributed by atoms with van der Waals surface area (Å²) in [6, 6.07) is 8.09. The Morgan fingerprint density at radius 1 is 1.15 bits per heavy atom. The van der Waals surface area contributed by atoms with Crippen LogP contribution in [0.15, 0.2) is 24.3 Å². The van der Waals surface area contributed by atoms with Gasteiger partial charge in [0.25, 0.3) is 0 Å². The molecule has 1 atom stereocenters. The van der Waals surface area contributed by atoms with Crippen molar-refractivity contribution < 1.29 is 9.47 Å². The smallest absolute Gasteiger partial charge is 0.119 e. The van der Waals surface area contributed by atoms with E-state index < -0.39 is 0 Å². The SMILES string of the molecule is COc1ccc(NCC2CCC3(CCCCC3)O2)cc1. The third-order valence-electron chi connectivity index (χ3n) is 4.73. The molecule has 1 saturated carbocycles. The predicted molar refractivity (Wildman–Crippen MR) is 81.4 cm³/mol. The predicted octanol–water partition coefficient (Wildman–Crippen LogP) is 3.99. The summed E-state index contributed by atoms with van der Waals surface area (Å²) in [6.45, 7) is 0.911. The quantitative estimate of drug-likeness (QED) is 0.901. The van der Waals surface area contributed by atoms with Crippen molar-refractivity contribution in [2.45, 2.75) is 56.7 Å². The fraction of sp³-hybridized carbons (Fsp3) is 0.647. The van der Waals surface area contributed by atoms with Crippen molar-refractivity contribution in [3.63, 3.8) is 0 Å². The highest BCUT2D eigenvalue weighted by Crippen LogP contribution is 2.41. The number of rotatable bonds is 4. The summed E-state index contributed by atoms with van der Waals surface area (Å²) in [4.78, 5) is 0. The molecule has 1 aromatic carbocycles. The molecule has 3 nitrogen and oxygen atoms in total. The van der Waals surface area contributed by atoms with Gasteiger partial charge in [0.15, 0.2) is 0 Å². The van der Waals surface area contributed by atoms with Gasteiger partial charge in [-0.15, -0.1) is 0 Å². The zero-order valence-corrected chi connectivity index (χ0v) is 12.4. The van der Waals surface area contributed by atoms with Crippen molar-refractivity contribution in [1.82, 2.24) is 0 Å². The van der Waals surface area contributed by atoms with Crippen molar-refractivity contribution in [3.05, 3.63) is 24.3 Å². The van der Waals surface area contributed by atoms with Gasteiger partial charge in [-0.05, 0) is 49.9 Å². The Bertz CT molecular complexity index is 423. The summed E-state index contributed by atoms with van der Waals surface area (Å²) >= 11 is 0. The molecule has 0 radical (unpaired) electrons. The number of hydrogen-bond acceptors (Lipinski definition) is 3. The summed E-state index contributed by atoms with van der Waals surface area (Å²) < 4.78 is 11.5. The van der Waals surface area contributed by atoms with E-state index in [1.54, 1.807) is 7.11 Å². The maximum absolute atomic E-state index is 6.37. The minimum Gasteiger partial charge on any atom is -0.497 e. The number of benzene rings is 1. The van der Waals surface area contributed by atoms with Crippen molar-refractivity contribution >= 4 is 5.69 Å². The lowest BCUT2D eigenvalue weighted by Crippen LogP contribution is -2.33. The molecule has 1 N–H and O–H groups in total. The zero-order valence-electron chi connectivity index (χ0n) is 12.4. The molecule has 20 heavy (non-hydrogen) atoms. The maximum atomic E-state index is 6.37. The van der Waals surface area contributed by atoms with Crippen LogP contribution >= 0.6 is 0 Å². The van der Waals surface area contributed by atoms with E-state index in [1.807, 2.05) is 12.1 Å². The van der Waals surface area contributed by atoms with Crippen LogP contribution in [0.5, 0.6) is 5.75 Å². The molecule has 110 valence electrons. The first-order chi connectivity index (χ1) is 9.80. The van der Waals surface area contributed by atoms with Crippen LogP contribution in [0, 0.1) is 0 Å². The lowest BCUT2D eigenvalue weighted by Gasteiger charge is -2.33. The molecule has 0 amide bonds. The van der Waals surface area contributed by atoms with Gasteiger partial charge >= 0.3 is 0 Å². The summed E-state index contributed by atoms with van der Waals surface area (Å²) in [5, 5.41) is 3.48. The second-order valence-corrected chi connectivity index (χ2v) is 6.13. The third-order valence-corrected chi connectivity index (χ3v) is 4.73. The van der Waals surface area contributed by atoms with Gasteiger partial charge in [-0.2, -0.15) is 0 Å². The molecule has 1 heterocycles. The molecule has 1 unspecified atom stereocenters. The first-order valence-corrected chi connectivity index (χ1v) is 7.85. The van der Waals surface area contributed by atoms with Gasteiger partial charge in [-0.3, -0.25) is 0 Å². The molecule has 1 aromatic rings. The fourth-order valence-electron chi connectivity index (χ4n) is 3.54. The van der Waals surface area contributed by atoms with E-state index in [9.17, 15) is 0 Å². The summed E-state index contributed by atoms with van der Waals surface area (Å²) in [5.74, 6) is 0.897. The van der Waals surface area contributed by atoms with E-state index in [-0.39, 0.29) is 5.60 Å². The average Bonchev–Trinajstić information content (AvgIpc) is 2.89. The van der Waals surface area contributed by atoms with Crippen molar-refractivity contribution in [2.75, 3.05) is 19.0 Å². The van der Waals surface area contributed by atoms with Crippen LogP contribution in [-0.2, 0) is 4.74 Å². The van der Waals surface area contributed by atoms with Crippen LogP contribution < -0.4 is 10.1 Å². The van der Waals surface area contributed by atoms with Gasteiger partial charge in [0.05, 0.1) is 18.8 Å². The minimum absolute atomic E-state index is 0.227. The molecule has 0 bridgehead atoms. The van der Waals surface area contributed by atoms with E-state index in [1.165, 1.54) is 44.9 Å². The van der Waals surface area contributed by atoms with E-state index in [0.717, 1.165) is 18.0 Å². The van der Waals surface area contributed by atoms with E-state index in [4.69, 9.17) is 9.47 Å². The van der Waals surface area contributed by atoms with Gasteiger partial charge in [0.1, 0.15) is 5.75 Å². The highest BCUT2D eigenvalue weighted by atomic mass is 16.5. The second kappa shape index (κ2) is 6.04. The molecule has 2 fully saturated rings. The average molecular weight is 275 g/mol. The van der Waals surface area contributed by atoms with Gasteiger partial charge < -0.3 is 14.8 Å². The summed E-state index contributed by atoms with van der Waals surface area (Å²) in [5.41, 5.74) is 1.36. The monoisotopic (exact) mass is 275 g/mol. The van der Waals surface area contributed by atoms with E-state index in [0.29, 0.717) is 6.10 Å². The number of methoxy groups -OCH3 is 1. The Balaban J connectivity index is 1.49. The third kappa shape index (κ3) is 3.09. The Labute approximate surface area is 121 Å². The first kappa shape index (κ1) is 13.7. The highest BCUT2D eigenvalue weighted by molar-refractivity contribution is 5.46. The Morgan fingerprint density at radius 3 is 2.60 bits per heavy atom. The molecule has 1 aliphatic carbocycles. The van der Waals surface area contributed by atoms with Gasteiger partial charge in [0.2, 0.25) is 0 Å². The van der Waals surface area contributed by atoms with Crippen molar-refractivity contribution in [1.29, 1.82) is 0 Å². The molecule has 1 spiro atoms. The van der Waals surface area contributed by atoms with Crippen LogP contribution in [0.2, 0.25) is 0 Å². The molecular weight excluding hydrogens is 250 g/mol. The molecule has 3 rings (SSSR count). The van der Waals surface area contributed by atoms with Crippen molar-refractivity contribution in [2.24, 2.45) is 0 Å².